The van der Waals surface area contributed by atoms with Crippen molar-refractivity contribution in [2.45, 2.75) is 44.9 Å². The molecule has 2 aliphatic rings. The Kier molecular flexibility index (Phi) is 6.27. The number of halogens is 1. The number of nitrogens with zero attached hydrogens (tertiary/aromatic N) is 5. The monoisotopic (exact) mass is 469 g/mol. The fourth-order valence-electron chi connectivity index (χ4n) is 4.88. The van der Waals surface area contributed by atoms with Gasteiger partial charge >= 0.3 is 0 Å². The predicted molar refractivity (Wildman–Crippen MR) is 125 cm³/mol. The molecule has 1 amide bonds. The largest absolute Gasteiger partial charge is 0.373 e. The van der Waals surface area contributed by atoms with Crippen molar-refractivity contribution in [3.8, 4) is 16.4 Å². The third-order valence-corrected chi connectivity index (χ3v) is 7.08. The molecule has 0 spiro atoms. The van der Waals surface area contributed by atoms with Crippen LogP contribution in [0.3, 0.4) is 0 Å². The standard InChI is InChI=1S/C24H28FN5O2S/c1-16-13-28(14-17(2)32-16)15-20-5-3-11-29(20)24(31)22-26-23(21-6-4-12-33-21)30(27-22)19-9-7-18(25)8-10-19/h4,6-10,12,16-17,20H,3,5,11,13-15H2,1-2H3. The Morgan fingerprint density at radius 2 is 1.94 bits per heavy atom. The van der Waals surface area contributed by atoms with Crippen LogP contribution in [0.1, 0.15) is 37.3 Å². The summed E-state index contributed by atoms with van der Waals surface area (Å²) in [5.74, 6) is 0.301. The van der Waals surface area contributed by atoms with Gasteiger partial charge < -0.3 is 9.64 Å². The molecule has 2 fully saturated rings. The molecule has 2 aliphatic heterocycles. The van der Waals surface area contributed by atoms with E-state index in [-0.39, 0.29) is 35.8 Å². The topological polar surface area (TPSA) is 63.5 Å². The molecule has 3 unspecified atom stereocenters. The number of carbonyl (C=O) groups excluding carboxylic acids is 1. The van der Waals surface area contributed by atoms with E-state index in [0.717, 1.165) is 37.4 Å². The van der Waals surface area contributed by atoms with E-state index in [1.54, 1.807) is 16.8 Å². The van der Waals surface area contributed by atoms with Gasteiger partial charge in [0.2, 0.25) is 5.82 Å². The number of benzene rings is 1. The number of thiophene rings is 1. The zero-order valence-corrected chi connectivity index (χ0v) is 19.7. The lowest BCUT2D eigenvalue weighted by atomic mass is 10.1. The summed E-state index contributed by atoms with van der Waals surface area (Å²) >= 11 is 1.53. The normalized spacial score (nSPS) is 23.8. The second-order valence-electron chi connectivity index (χ2n) is 8.89. The van der Waals surface area contributed by atoms with Crippen molar-refractivity contribution in [2.24, 2.45) is 0 Å². The molecule has 33 heavy (non-hydrogen) atoms. The molecular weight excluding hydrogens is 441 g/mol. The van der Waals surface area contributed by atoms with E-state index < -0.39 is 0 Å². The second kappa shape index (κ2) is 9.32. The minimum Gasteiger partial charge on any atom is -0.373 e. The first-order valence-electron chi connectivity index (χ1n) is 11.4. The zero-order valence-electron chi connectivity index (χ0n) is 18.9. The SMILES string of the molecule is CC1CN(CC2CCCN2C(=O)c2nc(-c3cccs3)n(-c3ccc(F)cc3)n2)CC(C)O1. The van der Waals surface area contributed by atoms with Gasteiger partial charge in [0.1, 0.15) is 5.82 Å². The van der Waals surface area contributed by atoms with E-state index in [9.17, 15) is 9.18 Å². The number of amides is 1. The first-order chi connectivity index (χ1) is 16.0. The number of hydrogen-bond acceptors (Lipinski definition) is 6. The van der Waals surface area contributed by atoms with Gasteiger partial charge in [0.05, 0.1) is 22.8 Å². The van der Waals surface area contributed by atoms with Gasteiger partial charge in [-0.15, -0.1) is 16.4 Å². The van der Waals surface area contributed by atoms with Crippen LogP contribution in [-0.2, 0) is 4.74 Å². The Balaban J connectivity index is 1.41. The highest BCUT2D eigenvalue weighted by molar-refractivity contribution is 7.13. The molecule has 0 saturated carbocycles. The molecule has 1 aromatic carbocycles. The van der Waals surface area contributed by atoms with Crippen molar-refractivity contribution >= 4 is 17.2 Å². The summed E-state index contributed by atoms with van der Waals surface area (Å²) in [7, 11) is 0. The lowest BCUT2D eigenvalue weighted by Crippen LogP contribution is -2.51. The number of aromatic nitrogens is 3. The van der Waals surface area contributed by atoms with Crippen LogP contribution in [0, 0.1) is 5.82 Å². The van der Waals surface area contributed by atoms with Crippen LogP contribution >= 0.6 is 11.3 Å². The summed E-state index contributed by atoms with van der Waals surface area (Å²) in [6, 6.07) is 10.1. The molecule has 174 valence electrons. The summed E-state index contributed by atoms with van der Waals surface area (Å²) in [4.78, 5) is 23.4. The van der Waals surface area contributed by atoms with Crippen LogP contribution in [0.15, 0.2) is 41.8 Å². The van der Waals surface area contributed by atoms with Gasteiger partial charge in [0.25, 0.3) is 5.91 Å². The minimum absolute atomic E-state index is 0.137. The molecule has 0 aliphatic carbocycles. The lowest BCUT2D eigenvalue weighted by Gasteiger charge is -2.38. The number of likely N-dealkylation sites (tertiary alicyclic amines) is 1. The van der Waals surface area contributed by atoms with Crippen molar-refractivity contribution in [3.63, 3.8) is 0 Å². The van der Waals surface area contributed by atoms with Gasteiger partial charge in [-0.25, -0.2) is 14.1 Å². The highest BCUT2D eigenvalue weighted by Gasteiger charge is 2.35. The maximum atomic E-state index is 13.5. The van der Waals surface area contributed by atoms with Gasteiger partial charge in [-0.2, -0.15) is 0 Å². The van der Waals surface area contributed by atoms with E-state index in [1.807, 2.05) is 22.4 Å². The summed E-state index contributed by atoms with van der Waals surface area (Å²) in [6.45, 7) is 7.49. The maximum absolute atomic E-state index is 13.5. The number of rotatable bonds is 5. The molecule has 0 radical (unpaired) electrons. The van der Waals surface area contributed by atoms with Gasteiger partial charge in [-0.3, -0.25) is 9.69 Å². The molecule has 5 rings (SSSR count). The van der Waals surface area contributed by atoms with E-state index in [4.69, 9.17) is 4.74 Å². The first kappa shape index (κ1) is 22.2. The number of carbonyl (C=O) groups is 1. The Morgan fingerprint density at radius 1 is 1.18 bits per heavy atom. The quantitative estimate of drug-likeness (QED) is 0.568. The first-order valence-corrected chi connectivity index (χ1v) is 12.3. The molecule has 3 atom stereocenters. The Bertz CT molecular complexity index is 1090. The van der Waals surface area contributed by atoms with Crippen LogP contribution in [0.2, 0.25) is 0 Å². The lowest BCUT2D eigenvalue weighted by molar-refractivity contribution is -0.0715. The summed E-state index contributed by atoms with van der Waals surface area (Å²) in [5.41, 5.74) is 0.667. The summed E-state index contributed by atoms with van der Waals surface area (Å²) < 4.78 is 21.0. The highest BCUT2D eigenvalue weighted by atomic mass is 32.1. The van der Waals surface area contributed by atoms with E-state index in [1.165, 1.54) is 23.5 Å². The Morgan fingerprint density at radius 3 is 2.64 bits per heavy atom. The average molecular weight is 470 g/mol. The van der Waals surface area contributed by atoms with Crippen molar-refractivity contribution in [1.29, 1.82) is 0 Å². The van der Waals surface area contributed by atoms with Crippen molar-refractivity contribution in [2.75, 3.05) is 26.2 Å². The van der Waals surface area contributed by atoms with E-state index >= 15 is 0 Å². The summed E-state index contributed by atoms with van der Waals surface area (Å²) in [5, 5.41) is 6.54. The molecule has 2 aromatic heterocycles. The summed E-state index contributed by atoms with van der Waals surface area (Å²) in [6.07, 6.45) is 2.34. The molecule has 0 N–H and O–H groups in total. The number of ether oxygens (including phenoxy) is 1. The second-order valence-corrected chi connectivity index (χ2v) is 9.84. The van der Waals surface area contributed by atoms with Gasteiger partial charge in [0, 0.05) is 32.2 Å². The van der Waals surface area contributed by atoms with Crippen molar-refractivity contribution in [1.82, 2.24) is 24.6 Å². The molecule has 3 aromatic rings. The molecular formula is C24H28FN5O2S. The third-order valence-electron chi connectivity index (χ3n) is 6.21. The van der Waals surface area contributed by atoms with Gasteiger partial charge in [-0.05, 0) is 62.4 Å². The van der Waals surface area contributed by atoms with E-state index in [2.05, 4.69) is 28.8 Å². The maximum Gasteiger partial charge on any atom is 0.293 e. The highest BCUT2D eigenvalue weighted by Crippen LogP contribution is 2.27. The third kappa shape index (κ3) is 4.71. The average Bonchev–Trinajstić information content (AvgIpc) is 3.53. The Labute approximate surface area is 196 Å². The van der Waals surface area contributed by atoms with Crippen LogP contribution in [-0.4, -0.2) is 74.9 Å². The molecule has 0 bridgehead atoms. The zero-order chi connectivity index (χ0) is 22.9. The smallest absolute Gasteiger partial charge is 0.293 e. The molecule has 4 heterocycles. The van der Waals surface area contributed by atoms with E-state index in [0.29, 0.717) is 18.1 Å². The fourth-order valence-corrected chi connectivity index (χ4v) is 5.58. The van der Waals surface area contributed by atoms with Gasteiger partial charge in [0.15, 0.2) is 5.82 Å². The molecule has 2 saturated heterocycles. The van der Waals surface area contributed by atoms with Crippen molar-refractivity contribution in [3.05, 3.63) is 53.4 Å². The fraction of sp³-hybridized carbons (Fsp3) is 0.458. The van der Waals surface area contributed by atoms with Crippen LogP contribution in [0.25, 0.3) is 16.4 Å². The molecule has 9 heteroatoms. The predicted octanol–water partition coefficient (Wildman–Crippen LogP) is 3.85. The minimum atomic E-state index is -0.320. The molecule has 7 nitrogen and oxygen atoms in total. The van der Waals surface area contributed by atoms with Crippen LogP contribution in [0.5, 0.6) is 0 Å². The van der Waals surface area contributed by atoms with Crippen LogP contribution in [0.4, 0.5) is 4.39 Å². The van der Waals surface area contributed by atoms with Gasteiger partial charge in [-0.1, -0.05) is 6.07 Å². The Hall–Kier alpha value is -2.62. The number of hydrogen-bond donors (Lipinski definition) is 0. The van der Waals surface area contributed by atoms with Crippen molar-refractivity contribution < 1.29 is 13.9 Å². The van der Waals surface area contributed by atoms with Crippen LogP contribution < -0.4 is 0 Å². The number of morpholine rings is 1.